The van der Waals surface area contributed by atoms with Crippen molar-refractivity contribution in [2.45, 2.75) is 39.2 Å². The zero-order valence-corrected chi connectivity index (χ0v) is 12.0. The van der Waals surface area contributed by atoms with Gasteiger partial charge in [-0.2, -0.15) is 0 Å². The van der Waals surface area contributed by atoms with E-state index in [2.05, 4.69) is 46.0 Å². The summed E-state index contributed by atoms with van der Waals surface area (Å²) in [5.41, 5.74) is 8.52. The SMILES string of the molecule is Cc1ccccc1CCc1nnc2n1CCC(CN)C2. The fraction of sp³-hybridized carbons (Fsp3) is 0.500. The molecule has 2 aromatic rings. The number of hydrogen-bond acceptors (Lipinski definition) is 3. The third-order valence-electron chi connectivity index (χ3n) is 4.35. The number of hydrogen-bond donors (Lipinski definition) is 1. The molecule has 1 unspecified atom stereocenters. The van der Waals surface area contributed by atoms with E-state index in [9.17, 15) is 0 Å². The molecule has 4 heteroatoms. The summed E-state index contributed by atoms with van der Waals surface area (Å²) in [7, 11) is 0. The van der Waals surface area contributed by atoms with Crippen molar-refractivity contribution < 1.29 is 0 Å². The van der Waals surface area contributed by atoms with Crippen LogP contribution < -0.4 is 5.73 Å². The number of aryl methyl sites for hydroxylation is 3. The van der Waals surface area contributed by atoms with E-state index in [-0.39, 0.29) is 0 Å². The van der Waals surface area contributed by atoms with Crippen LogP contribution >= 0.6 is 0 Å². The van der Waals surface area contributed by atoms with E-state index in [1.165, 1.54) is 11.1 Å². The summed E-state index contributed by atoms with van der Waals surface area (Å²) in [5, 5.41) is 8.73. The normalized spacial score (nSPS) is 18.0. The highest BCUT2D eigenvalue weighted by Gasteiger charge is 2.21. The van der Waals surface area contributed by atoms with Gasteiger partial charge in [-0.25, -0.2) is 0 Å². The third kappa shape index (κ3) is 2.61. The van der Waals surface area contributed by atoms with Crippen molar-refractivity contribution in [3.8, 4) is 0 Å². The highest BCUT2D eigenvalue weighted by atomic mass is 15.3. The predicted molar refractivity (Wildman–Crippen MR) is 79.5 cm³/mol. The summed E-state index contributed by atoms with van der Waals surface area (Å²) in [6.45, 7) is 3.94. The monoisotopic (exact) mass is 270 g/mol. The Morgan fingerprint density at radius 1 is 1.25 bits per heavy atom. The second-order valence-corrected chi connectivity index (χ2v) is 5.71. The lowest BCUT2D eigenvalue weighted by atomic mass is 9.98. The lowest BCUT2D eigenvalue weighted by Crippen LogP contribution is -2.26. The molecule has 0 fully saturated rings. The van der Waals surface area contributed by atoms with E-state index in [0.717, 1.165) is 50.4 Å². The highest BCUT2D eigenvalue weighted by Crippen LogP contribution is 2.20. The standard InChI is InChI=1S/C16H22N4/c1-12-4-2-3-5-14(12)6-7-15-18-19-16-10-13(11-17)8-9-20(15)16/h2-5,13H,6-11,17H2,1H3. The van der Waals surface area contributed by atoms with Gasteiger partial charge in [0.15, 0.2) is 0 Å². The van der Waals surface area contributed by atoms with Crippen LogP contribution in [-0.2, 0) is 25.8 Å². The van der Waals surface area contributed by atoms with Gasteiger partial charge in [-0.1, -0.05) is 24.3 Å². The summed E-state index contributed by atoms with van der Waals surface area (Å²) >= 11 is 0. The van der Waals surface area contributed by atoms with Crippen molar-refractivity contribution in [2.24, 2.45) is 11.7 Å². The van der Waals surface area contributed by atoms with Gasteiger partial charge in [-0.05, 0) is 43.4 Å². The van der Waals surface area contributed by atoms with Crippen LogP contribution in [0.2, 0.25) is 0 Å². The molecule has 1 aliphatic heterocycles. The number of benzene rings is 1. The van der Waals surface area contributed by atoms with E-state index < -0.39 is 0 Å². The first-order valence-corrected chi connectivity index (χ1v) is 7.43. The number of aromatic nitrogens is 3. The van der Waals surface area contributed by atoms with Crippen molar-refractivity contribution in [1.29, 1.82) is 0 Å². The van der Waals surface area contributed by atoms with Gasteiger partial charge in [0.1, 0.15) is 11.6 Å². The molecule has 1 aromatic heterocycles. The molecule has 1 atom stereocenters. The van der Waals surface area contributed by atoms with Crippen LogP contribution in [0.5, 0.6) is 0 Å². The van der Waals surface area contributed by atoms with Gasteiger partial charge in [-0.3, -0.25) is 0 Å². The zero-order chi connectivity index (χ0) is 13.9. The zero-order valence-electron chi connectivity index (χ0n) is 12.0. The van der Waals surface area contributed by atoms with E-state index in [0.29, 0.717) is 5.92 Å². The molecule has 0 aliphatic carbocycles. The summed E-state index contributed by atoms with van der Waals surface area (Å²) in [6, 6.07) is 8.56. The maximum Gasteiger partial charge on any atom is 0.133 e. The van der Waals surface area contributed by atoms with Crippen LogP contribution in [-0.4, -0.2) is 21.3 Å². The molecule has 2 heterocycles. The Kier molecular flexibility index (Phi) is 3.83. The molecular formula is C16H22N4. The van der Waals surface area contributed by atoms with Crippen molar-refractivity contribution in [3.63, 3.8) is 0 Å². The molecule has 106 valence electrons. The fourth-order valence-electron chi connectivity index (χ4n) is 2.98. The van der Waals surface area contributed by atoms with Gasteiger partial charge in [-0.15, -0.1) is 10.2 Å². The third-order valence-corrected chi connectivity index (χ3v) is 4.35. The Balaban J connectivity index is 1.71. The summed E-state index contributed by atoms with van der Waals surface area (Å²) in [5.74, 6) is 2.82. The number of nitrogens with zero attached hydrogens (tertiary/aromatic N) is 3. The summed E-state index contributed by atoms with van der Waals surface area (Å²) in [4.78, 5) is 0. The Morgan fingerprint density at radius 3 is 2.90 bits per heavy atom. The molecule has 0 saturated heterocycles. The van der Waals surface area contributed by atoms with E-state index >= 15 is 0 Å². The highest BCUT2D eigenvalue weighted by molar-refractivity contribution is 5.26. The van der Waals surface area contributed by atoms with Gasteiger partial charge in [0.25, 0.3) is 0 Å². The Bertz CT molecular complexity index is 588. The van der Waals surface area contributed by atoms with Crippen molar-refractivity contribution in [2.75, 3.05) is 6.54 Å². The Labute approximate surface area is 120 Å². The second kappa shape index (κ2) is 5.75. The molecule has 0 bridgehead atoms. The van der Waals surface area contributed by atoms with Crippen LogP contribution in [0.15, 0.2) is 24.3 Å². The number of fused-ring (bicyclic) bond motifs is 1. The minimum atomic E-state index is 0.580. The second-order valence-electron chi connectivity index (χ2n) is 5.71. The molecule has 0 spiro atoms. The van der Waals surface area contributed by atoms with Gasteiger partial charge in [0.05, 0.1) is 0 Å². The minimum absolute atomic E-state index is 0.580. The molecule has 20 heavy (non-hydrogen) atoms. The van der Waals surface area contributed by atoms with Crippen molar-refractivity contribution in [3.05, 3.63) is 47.0 Å². The topological polar surface area (TPSA) is 56.7 Å². The van der Waals surface area contributed by atoms with E-state index in [1.54, 1.807) is 0 Å². The van der Waals surface area contributed by atoms with Crippen LogP contribution in [0.3, 0.4) is 0 Å². The molecule has 1 aromatic carbocycles. The van der Waals surface area contributed by atoms with Gasteiger partial charge < -0.3 is 10.3 Å². The lowest BCUT2D eigenvalue weighted by Gasteiger charge is -2.22. The molecule has 4 nitrogen and oxygen atoms in total. The fourth-order valence-corrected chi connectivity index (χ4v) is 2.98. The van der Waals surface area contributed by atoms with E-state index in [1.807, 2.05) is 0 Å². The number of nitrogens with two attached hydrogens (primary N) is 1. The molecule has 0 amide bonds. The molecule has 2 N–H and O–H groups in total. The van der Waals surface area contributed by atoms with Crippen molar-refractivity contribution >= 4 is 0 Å². The summed E-state index contributed by atoms with van der Waals surface area (Å²) in [6.07, 6.45) is 4.13. The lowest BCUT2D eigenvalue weighted by molar-refractivity contribution is 0.384. The summed E-state index contributed by atoms with van der Waals surface area (Å²) < 4.78 is 2.30. The first kappa shape index (κ1) is 13.3. The molecule has 0 radical (unpaired) electrons. The quantitative estimate of drug-likeness (QED) is 0.923. The van der Waals surface area contributed by atoms with Crippen LogP contribution in [0.1, 0.15) is 29.2 Å². The van der Waals surface area contributed by atoms with E-state index in [4.69, 9.17) is 5.73 Å². The Hall–Kier alpha value is -1.68. The van der Waals surface area contributed by atoms with Crippen LogP contribution in [0, 0.1) is 12.8 Å². The van der Waals surface area contributed by atoms with Gasteiger partial charge >= 0.3 is 0 Å². The first-order valence-electron chi connectivity index (χ1n) is 7.43. The van der Waals surface area contributed by atoms with Crippen LogP contribution in [0.25, 0.3) is 0 Å². The Morgan fingerprint density at radius 2 is 2.10 bits per heavy atom. The average molecular weight is 270 g/mol. The molecule has 1 aliphatic rings. The smallest absolute Gasteiger partial charge is 0.133 e. The number of rotatable bonds is 4. The van der Waals surface area contributed by atoms with Gasteiger partial charge in [0, 0.05) is 19.4 Å². The average Bonchev–Trinajstić information content (AvgIpc) is 2.88. The maximum atomic E-state index is 5.76. The maximum absolute atomic E-state index is 5.76. The first-order chi connectivity index (χ1) is 9.78. The molecule has 3 rings (SSSR count). The molecular weight excluding hydrogens is 248 g/mol. The largest absolute Gasteiger partial charge is 0.330 e. The van der Waals surface area contributed by atoms with Crippen molar-refractivity contribution in [1.82, 2.24) is 14.8 Å². The predicted octanol–water partition coefficient (Wildman–Crippen LogP) is 1.89. The molecule has 0 saturated carbocycles. The van der Waals surface area contributed by atoms with Gasteiger partial charge in [0.2, 0.25) is 0 Å². The minimum Gasteiger partial charge on any atom is -0.330 e. The van der Waals surface area contributed by atoms with Crippen LogP contribution in [0.4, 0.5) is 0 Å².